The second-order valence-electron chi connectivity index (χ2n) is 8.34. The van der Waals surface area contributed by atoms with Crippen molar-refractivity contribution >= 4 is 11.7 Å². The molecule has 150 valence electrons. The van der Waals surface area contributed by atoms with Gasteiger partial charge in [0.25, 0.3) is 0 Å². The highest BCUT2D eigenvalue weighted by Crippen LogP contribution is 2.31. The van der Waals surface area contributed by atoms with Gasteiger partial charge in [0.1, 0.15) is 12.4 Å². The summed E-state index contributed by atoms with van der Waals surface area (Å²) in [4.78, 5) is 21.1. The number of nitrogens with one attached hydrogen (secondary N) is 1. The molecule has 7 heteroatoms. The van der Waals surface area contributed by atoms with E-state index in [-0.39, 0.29) is 18.6 Å². The van der Waals surface area contributed by atoms with Gasteiger partial charge in [-0.05, 0) is 62.7 Å². The zero-order valence-corrected chi connectivity index (χ0v) is 16.3. The van der Waals surface area contributed by atoms with Gasteiger partial charge >= 0.3 is 0 Å². The summed E-state index contributed by atoms with van der Waals surface area (Å²) in [7, 11) is 0. The number of anilines is 1. The van der Waals surface area contributed by atoms with Crippen LogP contribution in [0.25, 0.3) is 0 Å². The van der Waals surface area contributed by atoms with Crippen molar-refractivity contribution in [3.8, 4) is 6.07 Å². The summed E-state index contributed by atoms with van der Waals surface area (Å²) >= 11 is 0. The van der Waals surface area contributed by atoms with E-state index in [4.69, 9.17) is 10.00 Å². The molecule has 0 aromatic carbocycles. The molecular weight excluding hydrogens is 354 g/mol. The number of rotatable bonds is 7. The Hall–Kier alpha value is -2.17. The molecule has 1 amide bonds. The maximum Gasteiger partial charge on any atom is 0.248 e. The van der Waals surface area contributed by atoms with Crippen LogP contribution in [-0.2, 0) is 9.53 Å². The lowest BCUT2D eigenvalue weighted by Gasteiger charge is -2.38. The van der Waals surface area contributed by atoms with Gasteiger partial charge in [0, 0.05) is 32.4 Å². The normalized spacial score (nSPS) is 24.2. The molecule has 3 aliphatic rings. The molecule has 2 saturated heterocycles. The van der Waals surface area contributed by atoms with Crippen LogP contribution < -0.4 is 5.32 Å². The van der Waals surface area contributed by atoms with Crippen LogP contribution in [0.15, 0.2) is 18.3 Å². The lowest BCUT2D eigenvalue weighted by atomic mass is 9.95. The van der Waals surface area contributed by atoms with Crippen molar-refractivity contribution in [2.75, 3.05) is 51.2 Å². The predicted octanol–water partition coefficient (Wildman–Crippen LogP) is 1.71. The van der Waals surface area contributed by atoms with Gasteiger partial charge in [0.15, 0.2) is 0 Å². The number of amides is 1. The highest BCUT2D eigenvalue weighted by molar-refractivity contribution is 5.78. The smallest absolute Gasteiger partial charge is 0.248 e. The average Bonchev–Trinajstić information content (AvgIpc) is 3.54. The standard InChI is InChI=1S/C21H29N5O2/c22-10-18-3-6-23-20(9-18)24-11-19-14-26(21(27)15-28-19)13-17-4-7-25(8-5-17)12-16-1-2-16/h3,6,9,16-17,19H,1-2,4-5,7-8,11-15H2,(H,23,24)/t19-/m0/s1. The van der Waals surface area contributed by atoms with E-state index in [1.165, 1.54) is 45.3 Å². The molecule has 1 aromatic rings. The number of hydrogen-bond donors (Lipinski definition) is 1. The van der Waals surface area contributed by atoms with Crippen molar-refractivity contribution in [2.45, 2.75) is 31.8 Å². The Balaban J connectivity index is 1.23. The Morgan fingerprint density at radius 2 is 2.00 bits per heavy atom. The zero-order chi connectivity index (χ0) is 19.3. The Labute approximate surface area is 166 Å². The predicted molar refractivity (Wildman–Crippen MR) is 106 cm³/mol. The third-order valence-corrected chi connectivity index (χ3v) is 6.02. The van der Waals surface area contributed by atoms with Crippen LogP contribution in [0.1, 0.15) is 31.2 Å². The minimum Gasteiger partial charge on any atom is -0.367 e. The van der Waals surface area contributed by atoms with Crippen molar-refractivity contribution in [1.82, 2.24) is 14.8 Å². The summed E-state index contributed by atoms with van der Waals surface area (Å²) in [6.07, 6.45) is 6.76. The van der Waals surface area contributed by atoms with Gasteiger partial charge in [-0.15, -0.1) is 0 Å². The number of morpholine rings is 1. The molecule has 0 spiro atoms. The maximum absolute atomic E-state index is 12.3. The number of carbonyl (C=O) groups is 1. The molecule has 1 N–H and O–H groups in total. The lowest BCUT2D eigenvalue weighted by Crippen LogP contribution is -2.51. The fraction of sp³-hybridized carbons (Fsp3) is 0.667. The Morgan fingerprint density at radius 3 is 2.75 bits per heavy atom. The van der Waals surface area contributed by atoms with Crippen molar-refractivity contribution in [3.05, 3.63) is 23.9 Å². The van der Waals surface area contributed by atoms with Crippen LogP contribution in [0, 0.1) is 23.2 Å². The van der Waals surface area contributed by atoms with Crippen LogP contribution in [0.5, 0.6) is 0 Å². The van der Waals surface area contributed by atoms with E-state index in [0.717, 1.165) is 12.5 Å². The molecule has 1 aromatic heterocycles. The van der Waals surface area contributed by atoms with E-state index < -0.39 is 0 Å². The molecule has 28 heavy (non-hydrogen) atoms. The van der Waals surface area contributed by atoms with Crippen LogP contribution in [0.4, 0.5) is 5.82 Å². The fourth-order valence-electron chi connectivity index (χ4n) is 4.12. The number of nitriles is 1. The first kappa shape index (κ1) is 19.2. The minimum absolute atomic E-state index is 0.0554. The second kappa shape index (κ2) is 8.89. The molecule has 1 atom stereocenters. The largest absolute Gasteiger partial charge is 0.367 e. The lowest BCUT2D eigenvalue weighted by molar-refractivity contribution is -0.149. The molecule has 3 fully saturated rings. The highest BCUT2D eigenvalue weighted by Gasteiger charge is 2.31. The molecule has 0 unspecified atom stereocenters. The highest BCUT2D eigenvalue weighted by atomic mass is 16.5. The second-order valence-corrected chi connectivity index (χ2v) is 8.34. The summed E-state index contributed by atoms with van der Waals surface area (Å²) in [6.45, 7) is 5.81. The number of likely N-dealkylation sites (tertiary alicyclic amines) is 1. The van der Waals surface area contributed by atoms with Crippen LogP contribution >= 0.6 is 0 Å². The van der Waals surface area contributed by atoms with Gasteiger partial charge in [-0.1, -0.05) is 0 Å². The van der Waals surface area contributed by atoms with Gasteiger partial charge in [-0.25, -0.2) is 4.98 Å². The SMILES string of the molecule is N#Cc1ccnc(NC[C@H]2CN(CC3CCN(CC4CC4)CC3)C(=O)CO2)c1. The molecule has 3 heterocycles. The third kappa shape index (κ3) is 5.21. The van der Waals surface area contributed by atoms with Crippen LogP contribution in [-0.4, -0.2) is 72.7 Å². The minimum atomic E-state index is -0.0554. The summed E-state index contributed by atoms with van der Waals surface area (Å²) in [5.41, 5.74) is 0.576. The third-order valence-electron chi connectivity index (χ3n) is 6.02. The first-order valence-electron chi connectivity index (χ1n) is 10.4. The zero-order valence-electron chi connectivity index (χ0n) is 16.3. The molecule has 4 rings (SSSR count). The number of piperidine rings is 1. The number of carbonyl (C=O) groups excluding carboxylic acids is 1. The Bertz CT molecular complexity index is 722. The maximum atomic E-state index is 12.3. The summed E-state index contributed by atoms with van der Waals surface area (Å²) in [5, 5.41) is 12.2. The van der Waals surface area contributed by atoms with Gasteiger partial charge in [-0.2, -0.15) is 5.26 Å². The van der Waals surface area contributed by atoms with E-state index in [0.29, 0.717) is 30.4 Å². The van der Waals surface area contributed by atoms with E-state index in [1.54, 1.807) is 18.3 Å². The average molecular weight is 383 g/mol. The van der Waals surface area contributed by atoms with Crippen LogP contribution in [0.3, 0.4) is 0 Å². The molecular formula is C21H29N5O2. The molecule has 1 saturated carbocycles. The van der Waals surface area contributed by atoms with Gasteiger partial charge in [0.05, 0.1) is 17.7 Å². The van der Waals surface area contributed by atoms with E-state index >= 15 is 0 Å². The summed E-state index contributed by atoms with van der Waals surface area (Å²) < 4.78 is 5.70. The van der Waals surface area contributed by atoms with Crippen molar-refractivity contribution in [3.63, 3.8) is 0 Å². The number of hydrogen-bond acceptors (Lipinski definition) is 6. The van der Waals surface area contributed by atoms with Crippen LogP contribution in [0.2, 0.25) is 0 Å². The number of pyridine rings is 1. The van der Waals surface area contributed by atoms with Gasteiger partial charge in [-0.3, -0.25) is 4.79 Å². The van der Waals surface area contributed by atoms with E-state index in [1.807, 2.05) is 4.90 Å². The number of aromatic nitrogens is 1. The van der Waals surface area contributed by atoms with E-state index in [2.05, 4.69) is 21.3 Å². The van der Waals surface area contributed by atoms with Crippen molar-refractivity contribution in [1.29, 1.82) is 5.26 Å². The van der Waals surface area contributed by atoms with E-state index in [9.17, 15) is 4.79 Å². The summed E-state index contributed by atoms with van der Waals surface area (Å²) in [6, 6.07) is 5.52. The van der Waals surface area contributed by atoms with Crippen molar-refractivity contribution < 1.29 is 9.53 Å². The quantitative estimate of drug-likeness (QED) is 0.772. The molecule has 0 radical (unpaired) electrons. The number of nitrogens with zero attached hydrogens (tertiary/aromatic N) is 4. The Morgan fingerprint density at radius 1 is 1.21 bits per heavy atom. The van der Waals surface area contributed by atoms with Crippen molar-refractivity contribution in [2.24, 2.45) is 11.8 Å². The topological polar surface area (TPSA) is 81.5 Å². The monoisotopic (exact) mass is 383 g/mol. The summed E-state index contributed by atoms with van der Waals surface area (Å²) in [5.74, 6) is 2.31. The molecule has 7 nitrogen and oxygen atoms in total. The Kier molecular flexibility index (Phi) is 6.08. The first-order chi connectivity index (χ1) is 13.7. The van der Waals surface area contributed by atoms with Gasteiger partial charge < -0.3 is 19.9 Å². The number of ether oxygens (including phenoxy) is 1. The molecule has 1 aliphatic carbocycles. The first-order valence-corrected chi connectivity index (χ1v) is 10.4. The molecule has 2 aliphatic heterocycles. The fourth-order valence-corrected chi connectivity index (χ4v) is 4.12. The molecule has 0 bridgehead atoms. The van der Waals surface area contributed by atoms with Gasteiger partial charge in [0.2, 0.25) is 5.91 Å².